The Morgan fingerprint density at radius 2 is 0.674 bits per heavy atom. The van der Waals surface area contributed by atoms with Gasteiger partial charge in [0, 0.05) is 54.9 Å². The van der Waals surface area contributed by atoms with E-state index < -0.39 is 29.0 Å². The zero-order valence-corrected chi connectivity index (χ0v) is 47.1. The molecular formula is C65H45F6N15. The Morgan fingerprint density at radius 3 is 1.02 bits per heavy atom. The molecule has 0 saturated carbocycles. The third-order valence-corrected chi connectivity index (χ3v) is 14.9. The molecule has 0 N–H and O–H groups in total. The second-order valence-electron chi connectivity index (χ2n) is 20.9. The van der Waals surface area contributed by atoms with Gasteiger partial charge in [-0.2, -0.15) is 31.6 Å². The molecule has 422 valence electrons. The molecule has 0 amide bonds. The predicted octanol–water partition coefficient (Wildman–Crippen LogP) is 15.0. The normalized spacial score (nSPS) is 12.1. The van der Waals surface area contributed by atoms with E-state index in [2.05, 4.69) is 65.9 Å². The number of hydrogen-bond acceptors (Lipinski definition) is 13. The van der Waals surface area contributed by atoms with Gasteiger partial charge in [0.15, 0.2) is 23.3 Å². The molecule has 0 aliphatic carbocycles. The van der Waals surface area contributed by atoms with Gasteiger partial charge < -0.3 is 9.13 Å². The van der Waals surface area contributed by atoms with Gasteiger partial charge in [-0.25, -0.2) is 59.8 Å². The molecular weight excluding hydrogens is 1100 g/mol. The fraction of sp³-hybridized carbons (Fsp3) is 0.154. The van der Waals surface area contributed by atoms with Crippen molar-refractivity contribution in [2.45, 2.75) is 67.7 Å². The van der Waals surface area contributed by atoms with Crippen molar-refractivity contribution < 1.29 is 26.3 Å². The van der Waals surface area contributed by atoms with Crippen molar-refractivity contribution in [2.75, 3.05) is 0 Å². The van der Waals surface area contributed by atoms with Gasteiger partial charge in [-0.05, 0) is 176 Å². The zero-order chi connectivity index (χ0) is 60.2. The number of nitrogens with zero attached hydrogens (tertiary/aromatic N) is 15. The molecule has 21 heteroatoms. The van der Waals surface area contributed by atoms with Crippen LogP contribution in [0.3, 0.4) is 0 Å². The molecule has 0 aliphatic heterocycles. The maximum absolute atomic E-state index is 15.3. The number of alkyl halides is 6. The van der Waals surface area contributed by atoms with Crippen molar-refractivity contribution in [3.8, 4) is 85.2 Å². The van der Waals surface area contributed by atoms with Crippen LogP contribution < -0.4 is 0 Å². The van der Waals surface area contributed by atoms with Crippen LogP contribution in [0.2, 0.25) is 0 Å². The Labute approximate surface area is 485 Å². The maximum Gasteiger partial charge on any atom is 0.417 e. The number of benzene rings is 7. The molecule has 0 radical (unpaired) electrons. The summed E-state index contributed by atoms with van der Waals surface area (Å²) in [4.78, 5) is 55.0. The highest BCUT2D eigenvalue weighted by Gasteiger charge is 2.39. The summed E-state index contributed by atoms with van der Waals surface area (Å²) in [5.74, 6) is 5.93. The maximum atomic E-state index is 15.3. The van der Waals surface area contributed by atoms with Gasteiger partial charge in [-0.3, -0.25) is 0 Å². The third-order valence-electron chi connectivity index (χ3n) is 14.9. The van der Waals surface area contributed by atoms with Gasteiger partial charge >= 0.3 is 12.4 Å². The summed E-state index contributed by atoms with van der Waals surface area (Å²) >= 11 is 0. The summed E-state index contributed by atoms with van der Waals surface area (Å²) < 4.78 is 92.7. The molecule has 13 aromatic rings. The van der Waals surface area contributed by atoms with E-state index in [1.54, 1.807) is 85.7 Å². The van der Waals surface area contributed by atoms with E-state index in [4.69, 9.17) is 0 Å². The van der Waals surface area contributed by atoms with Crippen LogP contribution in [0, 0.1) is 66.7 Å². The van der Waals surface area contributed by atoms with Crippen molar-refractivity contribution >= 4 is 43.6 Å². The van der Waals surface area contributed by atoms with E-state index in [-0.39, 0.29) is 17.2 Å². The Morgan fingerprint density at radius 1 is 0.326 bits per heavy atom. The number of halogens is 6. The summed E-state index contributed by atoms with van der Waals surface area (Å²) in [5, 5.41) is 13.7. The minimum Gasteiger partial charge on any atom is -0.309 e. The van der Waals surface area contributed by atoms with Gasteiger partial charge in [-0.15, -0.1) is 0 Å². The van der Waals surface area contributed by atoms with Crippen LogP contribution in [-0.2, 0) is 12.4 Å². The Bertz CT molecular complexity index is 4760. The summed E-state index contributed by atoms with van der Waals surface area (Å²) in [5.41, 5.74) is 3.85. The molecule has 0 atom stereocenters. The summed E-state index contributed by atoms with van der Waals surface area (Å²) in [6, 6.07) is 36.8. The minimum absolute atomic E-state index is 0.0334. The van der Waals surface area contributed by atoms with E-state index in [0.717, 1.165) is 27.6 Å². The van der Waals surface area contributed by atoms with Crippen LogP contribution in [0.1, 0.15) is 63.3 Å². The first kappa shape index (κ1) is 54.5. The van der Waals surface area contributed by atoms with Crippen molar-refractivity contribution in [1.82, 2.24) is 68.9 Å². The molecule has 6 heterocycles. The highest BCUT2D eigenvalue weighted by molar-refractivity contribution is 6.14. The lowest BCUT2D eigenvalue weighted by molar-refractivity contribution is -0.142. The first-order valence-corrected chi connectivity index (χ1v) is 27.0. The molecule has 7 aromatic carbocycles. The van der Waals surface area contributed by atoms with Crippen LogP contribution in [0.25, 0.3) is 123 Å². The first-order chi connectivity index (χ1) is 41.0. The van der Waals surface area contributed by atoms with E-state index in [9.17, 15) is 18.4 Å². The molecule has 0 fully saturated rings. The van der Waals surface area contributed by atoms with Crippen LogP contribution >= 0.6 is 0 Å². The predicted molar refractivity (Wildman–Crippen MR) is 314 cm³/mol. The Hall–Kier alpha value is -10.8. The lowest BCUT2D eigenvalue weighted by atomic mass is 9.92. The van der Waals surface area contributed by atoms with E-state index in [0.29, 0.717) is 143 Å². The Balaban J connectivity index is 1.14. The van der Waals surface area contributed by atoms with Gasteiger partial charge in [0.2, 0.25) is 0 Å². The molecule has 86 heavy (non-hydrogen) atoms. The summed E-state index contributed by atoms with van der Waals surface area (Å²) in [6.45, 7) is 14.3. The van der Waals surface area contributed by atoms with Crippen LogP contribution in [0.4, 0.5) is 26.3 Å². The topological polar surface area (TPSA) is 188 Å². The molecule has 15 nitrogen and oxygen atoms in total. The largest absolute Gasteiger partial charge is 0.417 e. The SMILES string of the molecule is Cc1nc(C)nc(-c2ccc3c(c2)c2cc(-c4nc(C)nc(C)n4)ccc2n3-c2ccc(-c3ccc(C(F)(F)F)cc3C(F)(F)F)cc2-c2ccc(C#N)cc2-n2c3ccc(-c4nc(C)nc(C)n4)cc3c3cc(-c4nc(C)nc(C)n4)ccc32)n1. The Kier molecular flexibility index (Phi) is 12.8. The lowest BCUT2D eigenvalue weighted by Crippen LogP contribution is -2.12. The molecule has 0 saturated heterocycles. The number of nitriles is 1. The molecule has 0 aliphatic rings. The van der Waals surface area contributed by atoms with Crippen molar-refractivity contribution in [1.29, 1.82) is 5.26 Å². The van der Waals surface area contributed by atoms with Crippen LogP contribution in [0.15, 0.2) is 127 Å². The van der Waals surface area contributed by atoms with E-state index in [1.165, 1.54) is 6.07 Å². The van der Waals surface area contributed by atoms with Gasteiger partial charge in [0.25, 0.3) is 0 Å². The average molecular weight is 1150 g/mol. The van der Waals surface area contributed by atoms with Gasteiger partial charge in [0.05, 0.1) is 56.2 Å². The number of aryl methyl sites for hydroxylation is 8. The third kappa shape index (κ3) is 9.73. The van der Waals surface area contributed by atoms with E-state index in [1.807, 2.05) is 81.9 Å². The van der Waals surface area contributed by atoms with Crippen molar-refractivity contribution in [3.05, 3.63) is 191 Å². The minimum atomic E-state index is -5.21. The molecule has 0 unspecified atom stereocenters. The fourth-order valence-corrected chi connectivity index (χ4v) is 11.4. The second-order valence-corrected chi connectivity index (χ2v) is 20.9. The number of fused-ring (bicyclic) bond motifs is 6. The highest BCUT2D eigenvalue weighted by atomic mass is 19.4. The smallest absolute Gasteiger partial charge is 0.309 e. The lowest BCUT2D eigenvalue weighted by Gasteiger charge is -2.21. The highest BCUT2D eigenvalue weighted by Crippen LogP contribution is 2.47. The van der Waals surface area contributed by atoms with Crippen molar-refractivity contribution in [3.63, 3.8) is 0 Å². The molecule has 0 spiro atoms. The first-order valence-electron chi connectivity index (χ1n) is 27.0. The second kappa shape index (κ2) is 20.3. The molecule has 6 aromatic heterocycles. The number of hydrogen-bond donors (Lipinski definition) is 0. The standard InChI is InChI=1S/C65H45F6N15/c1-31-73-32(2)78-60(77-31)41-11-19-55-49(25-41)50-26-42(61-79-33(3)74-34(4)80-61)12-20-56(50)85(55)54-18-10-40(46-17-15-45(64(66,67)68)29-53(46)65(69,70)71)24-48(54)47-16-9-39(30-72)23-59(47)86-57-21-13-43(62-81-35(5)75-36(6)82-62)27-51(57)52-28-44(14-22-58(52)86)63-83-37(7)76-38(8)84-63/h9-29H,1-8H3. The molecule has 0 bridgehead atoms. The van der Waals surface area contributed by atoms with Crippen LogP contribution in [-0.4, -0.2) is 68.9 Å². The summed E-state index contributed by atoms with van der Waals surface area (Å²) in [6.07, 6.45) is -10.3. The monoisotopic (exact) mass is 1150 g/mol. The quantitative estimate of drug-likeness (QED) is 0.131. The summed E-state index contributed by atoms with van der Waals surface area (Å²) in [7, 11) is 0. The van der Waals surface area contributed by atoms with Crippen molar-refractivity contribution in [2.24, 2.45) is 0 Å². The number of aromatic nitrogens is 14. The number of rotatable bonds is 8. The van der Waals surface area contributed by atoms with Gasteiger partial charge in [0.1, 0.15) is 46.6 Å². The van der Waals surface area contributed by atoms with Crippen LogP contribution in [0.5, 0.6) is 0 Å². The van der Waals surface area contributed by atoms with Gasteiger partial charge in [-0.1, -0.05) is 18.2 Å². The molecule has 13 rings (SSSR count). The average Bonchev–Trinajstić information content (AvgIpc) is 1.59. The van der Waals surface area contributed by atoms with E-state index >= 15 is 13.2 Å². The zero-order valence-electron chi connectivity index (χ0n) is 47.1. The fourth-order valence-electron chi connectivity index (χ4n) is 11.4.